The predicted octanol–water partition coefficient (Wildman–Crippen LogP) is 2.88. The summed E-state index contributed by atoms with van der Waals surface area (Å²) in [5, 5.41) is 0.744. The van der Waals surface area contributed by atoms with Gasteiger partial charge in [-0.1, -0.05) is 42.5 Å². The number of carbonyl (C=O) groups excluding carboxylic acids is 1. The molecular weight excluding hydrogens is 300 g/mol. The van der Waals surface area contributed by atoms with E-state index in [1.807, 2.05) is 54.6 Å². The van der Waals surface area contributed by atoms with Crippen LogP contribution in [0.2, 0.25) is 0 Å². The Labute approximate surface area is 138 Å². The SMILES string of the molecule is O=C1CC(c2ccccc2)c2c3n(c4ccccc4c2=O)CCN13. The van der Waals surface area contributed by atoms with E-state index in [-0.39, 0.29) is 17.3 Å². The largest absolute Gasteiger partial charge is 0.325 e. The molecule has 2 aliphatic heterocycles. The third-order valence-corrected chi connectivity index (χ3v) is 5.21. The Balaban J connectivity index is 1.89. The van der Waals surface area contributed by atoms with Gasteiger partial charge >= 0.3 is 0 Å². The Morgan fingerprint density at radius 3 is 2.46 bits per heavy atom. The minimum Gasteiger partial charge on any atom is -0.325 e. The Hall–Kier alpha value is -2.88. The number of aromatic nitrogens is 1. The lowest BCUT2D eigenvalue weighted by Crippen LogP contribution is -2.38. The average Bonchev–Trinajstić information content (AvgIpc) is 3.07. The normalized spacial score (nSPS) is 18.9. The summed E-state index contributed by atoms with van der Waals surface area (Å²) in [6, 6.07) is 17.6. The van der Waals surface area contributed by atoms with Crippen molar-refractivity contribution in [3.63, 3.8) is 0 Å². The second kappa shape index (κ2) is 4.81. The van der Waals surface area contributed by atoms with Crippen molar-refractivity contribution in [3.05, 3.63) is 75.9 Å². The van der Waals surface area contributed by atoms with Gasteiger partial charge in [0, 0.05) is 36.4 Å². The summed E-state index contributed by atoms with van der Waals surface area (Å²) in [5.41, 5.74) is 2.79. The lowest BCUT2D eigenvalue weighted by atomic mass is 9.85. The molecule has 0 saturated heterocycles. The molecule has 3 aromatic rings. The van der Waals surface area contributed by atoms with E-state index in [0.717, 1.165) is 34.4 Å². The number of hydrogen-bond donors (Lipinski definition) is 0. The topological polar surface area (TPSA) is 42.3 Å². The molecule has 3 heterocycles. The van der Waals surface area contributed by atoms with E-state index < -0.39 is 0 Å². The van der Waals surface area contributed by atoms with Crippen molar-refractivity contribution in [1.82, 2.24) is 4.57 Å². The lowest BCUT2D eigenvalue weighted by molar-refractivity contribution is -0.119. The van der Waals surface area contributed by atoms with Crippen LogP contribution in [0.25, 0.3) is 10.9 Å². The number of rotatable bonds is 1. The molecule has 118 valence electrons. The Morgan fingerprint density at radius 2 is 1.62 bits per heavy atom. The fraction of sp³-hybridized carbons (Fsp3) is 0.200. The lowest BCUT2D eigenvalue weighted by Gasteiger charge is -2.31. The summed E-state index contributed by atoms with van der Waals surface area (Å²) < 4.78 is 2.14. The second-order valence-corrected chi connectivity index (χ2v) is 6.45. The molecule has 1 unspecified atom stereocenters. The molecule has 0 spiro atoms. The molecule has 2 aliphatic rings. The monoisotopic (exact) mass is 316 g/mol. The highest BCUT2D eigenvalue weighted by Gasteiger charge is 2.39. The smallest absolute Gasteiger partial charge is 0.229 e. The fourth-order valence-electron chi connectivity index (χ4n) is 4.14. The summed E-state index contributed by atoms with van der Waals surface area (Å²) in [4.78, 5) is 27.7. The zero-order chi connectivity index (χ0) is 16.3. The number of benzene rings is 2. The van der Waals surface area contributed by atoms with Gasteiger partial charge in [0.25, 0.3) is 0 Å². The first-order valence-corrected chi connectivity index (χ1v) is 8.26. The minimum absolute atomic E-state index is 0.0603. The summed E-state index contributed by atoms with van der Waals surface area (Å²) in [7, 11) is 0. The first kappa shape index (κ1) is 13.5. The molecule has 0 bridgehead atoms. The Bertz CT molecular complexity index is 1040. The molecular formula is C20H16N2O2. The standard InChI is InChI=1S/C20H16N2O2/c23-17-12-15(13-6-2-1-3-7-13)18-19(24)14-8-4-5-9-16(14)21-10-11-22(17)20(18)21/h1-9,15H,10-12H2. The first-order valence-electron chi connectivity index (χ1n) is 8.26. The zero-order valence-electron chi connectivity index (χ0n) is 13.1. The van der Waals surface area contributed by atoms with Crippen LogP contribution in [0, 0.1) is 0 Å². The van der Waals surface area contributed by atoms with E-state index in [2.05, 4.69) is 4.57 Å². The van der Waals surface area contributed by atoms with Crippen LogP contribution in [0.1, 0.15) is 23.5 Å². The second-order valence-electron chi connectivity index (χ2n) is 6.45. The summed E-state index contributed by atoms with van der Waals surface area (Å²) in [6.45, 7) is 1.40. The molecule has 1 amide bonds. The van der Waals surface area contributed by atoms with Crippen molar-refractivity contribution >= 4 is 22.6 Å². The number of para-hydroxylation sites is 1. The van der Waals surface area contributed by atoms with Gasteiger partial charge in [-0.25, -0.2) is 0 Å². The molecule has 1 aromatic heterocycles. The third kappa shape index (κ3) is 1.68. The van der Waals surface area contributed by atoms with Crippen LogP contribution in [-0.2, 0) is 11.3 Å². The van der Waals surface area contributed by atoms with E-state index in [1.54, 1.807) is 4.90 Å². The number of carbonyl (C=O) groups is 1. The number of fused-ring (bicyclic) bond motifs is 2. The molecule has 24 heavy (non-hydrogen) atoms. The van der Waals surface area contributed by atoms with Crippen molar-refractivity contribution in [1.29, 1.82) is 0 Å². The number of hydrogen-bond acceptors (Lipinski definition) is 2. The van der Waals surface area contributed by atoms with Crippen molar-refractivity contribution in [2.45, 2.75) is 18.9 Å². The Kier molecular flexibility index (Phi) is 2.71. The van der Waals surface area contributed by atoms with Gasteiger partial charge in [-0.2, -0.15) is 0 Å². The maximum absolute atomic E-state index is 13.2. The van der Waals surface area contributed by atoms with Gasteiger partial charge in [0.15, 0.2) is 5.43 Å². The highest BCUT2D eigenvalue weighted by molar-refractivity contribution is 6.00. The molecule has 4 heteroatoms. The zero-order valence-corrected chi connectivity index (χ0v) is 13.1. The molecule has 1 atom stereocenters. The van der Waals surface area contributed by atoms with Gasteiger partial charge in [0.05, 0.1) is 5.52 Å². The van der Waals surface area contributed by atoms with Gasteiger partial charge in [-0.3, -0.25) is 14.5 Å². The molecule has 2 aromatic carbocycles. The van der Waals surface area contributed by atoms with Crippen LogP contribution < -0.4 is 10.3 Å². The van der Waals surface area contributed by atoms with Gasteiger partial charge in [0.2, 0.25) is 5.91 Å². The van der Waals surface area contributed by atoms with Crippen LogP contribution in [-0.4, -0.2) is 17.0 Å². The number of nitrogens with zero attached hydrogens (tertiary/aromatic N) is 2. The van der Waals surface area contributed by atoms with E-state index >= 15 is 0 Å². The average molecular weight is 316 g/mol. The quantitative estimate of drug-likeness (QED) is 0.693. The number of anilines is 1. The molecule has 0 saturated carbocycles. The summed E-state index contributed by atoms with van der Waals surface area (Å²) in [6.07, 6.45) is 0.366. The highest BCUT2D eigenvalue weighted by atomic mass is 16.2. The van der Waals surface area contributed by atoms with Gasteiger partial charge in [-0.15, -0.1) is 0 Å². The predicted molar refractivity (Wildman–Crippen MR) is 93.5 cm³/mol. The summed E-state index contributed by atoms with van der Waals surface area (Å²) in [5.74, 6) is 0.757. The van der Waals surface area contributed by atoms with Crippen LogP contribution in [0.3, 0.4) is 0 Å². The van der Waals surface area contributed by atoms with E-state index in [0.29, 0.717) is 13.0 Å². The van der Waals surface area contributed by atoms with Crippen LogP contribution in [0.15, 0.2) is 59.4 Å². The molecule has 0 aliphatic carbocycles. The van der Waals surface area contributed by atoms with Crippen molar-refractivity contribution < 1.29 is 4.79 Å². The van der Waals surface area contributed by atoms with Crippen LogP contribution in [0.5, 0.6) is 0 Å². The molecule has 5 rings (SSSR count). The minimum atomic E-state index is -0.161. The van der Waals surface area contributed by atoms with E-state index in [4.69, 9.17) is 0 Å². The van der Waals surface area contributed by atoms with Crippen molar-refractivity contribution in [3.8, 4) is 0 Å². The summed E-state index contributed by atoms with van der Waals surface area (Å²) >= 11 is 0. The first-order chi connectivity index (χ1) is 11.8. The van der Waals surface area contributed by atoms with Crippen molar-refractivity contribution in [2.75, 3.05) is 11.4 Å². The van der Waals surface area contributed by atoms with Gasteiger partial charge in [0.1, 0.15) is 5.82 Å². The van der Waals surface area contributed by atoms with E-state index in [1.165, 1.54) is 0 Å². The number of amides is 1. The van der Waals surface area contributed by atoms with Gasteiger partial charge < -0.3 is 4.57 Å². The maximum Gasteiger partial charge on any atom is 0.229 e. The maximum atomic E-state index is 13.2. The van der Waals surface area contributed by atoms with Crippen LogP contribution >= 0.6 is 0 Å². The molecule has 4 nitrogen and oxygen atoms in total. The highest BCUT2D eigenvalue weighted by Crippen LogP contribution is 2.41. The molecule has 0 N–H and O–H groups in total. The van der Waals surface area contributed by atoms with Crippen LogP contribution in [0.4, 0.5) is 5.82 Å². The fourth-order valence-corrected chi connectivity index (χ4v) is 4.14. The van der Waals surface area contributed by atoms with E-state index in [9.17, 15) is 9.59 Å². The molecule has 0 radical (unpaired) electrons. The molecule has 0 fully saturated rings. The van der Waals surface area contributed by atoms with Gasteiger partial charge in [-0.05, 0) is 17.7 Å². The number of pyridine rings is 1. The van der Waals surface area contributed by atoms with Crippen molar-refractivity contribution in [2.24, 2.45) is 0 Å². The Morgan fingerprint density at radius 1 is 0.875 bits per heavy atom. The third-order valence-electron chi connectivity index (χ3n) is 5.21.